The van der Waals surface area contributed by atoms with Crippen molar-refractivity contribution in [3.05, 3.63) is 44.7 Å². The Bertz CT molecular complexity index is 774. The number of anilines is 1. The number of hydrogen-bond donors (Lipinski definition) is 1. The zero-order valence-electron chi connectivity index (χ0n) is 9.91. The first-order chi connectivity index (χ1) is 9.61. The molecule has 0 aliphatic heterocycles. The topological polar surface area (TPSA) is 46.2 Å². The van der Waals surface area contributed by atoms with Crippen molar-refractivity contribution in [1.82, 2.24) is 0 Å². The summed E-state index contributed by atoms with van der Waals surface area (Å²) in [4.78, 5) is 0. The van der Waals surface area contributed by atoms with E-state index >= 15 is 0 Å². The van der Waals surface area contributed by atoms with Gasteiger partial charge in [-0.3, -0.25) is 4.72 Å². The van der Waals surface area contributed by atoms with Crippen LogP contribution in [0.2, 0.25) is 5.02 Å². The van der Waals surface area contributed by atoms with Gasteiger partial charge < -0.3 is 0 Å². The molecule has 1 aromatic heterocycles. The molecule has 0 saturated heterocycles. The molecule has 0 fully saturated rings. The van der Waals surface area contributed by atoms with E-state index in [1.165, 1.54) is 6.07 Å². The van der Waals surface area contributed by atoms with E-state index in [0.29, 0.717) is 10.5 Å². The van der Waals surface area contributed by atoms with Gasteiger partial charge in [-0.25, -0.2) is 8.42 Å². The molecule has 0 radical (unpaired) electrons. The van der Waals surface area contributed by atoms with Crippen LogP contribution >= 0.6 is 38.9 Å². The Balaban J connectivity index is 2.39. The van der Waals surface area contributed by atoms with Gasteiger partial charge in [0.05, 0.1) is 10.6 Å². The lowest BCUT2D eigenvalue weighted by Gasteiger charge is -2.12. The summed E-state index contributed by atoms with van der Waals surface area (Å²) in [5, 5.41) is 1.05. The summed E-state index contributed by atoms with van der Waals surface area (Å²) in [6.45, 7) is 0. The van der Waals surface area contributed by atoms with Gasteiger partial charge in [0.2, 0.25) is 0 Å². The Hall–Kier alpha value is -0.770. The average molecular weight is 421 g/mol. The Morgan fingerprint density at radius 3 is 2.43 bits per heavy atom. The van der Waals surface area contributed by atoms with Crippen molar-refractivity contribution >= 4 is 54.6 Å². The largest absolute Gasteiger partial charge is 0.417 e. The fourth-order valence-electron chi connectivity index (χ4n) is 1.48. The molecule has 21 heavy (non-hydrogen) atoms. The first-order valence-corrected chi connectivity index (χ1v) is 8.77. The molecule has 1 aromatic carbocycles. The van der Waals surface area contributed by atoms with Crippen molar-refractivity contribution in [3.63, 3.8) is 0 Å². The third kappa shape index (κ3) is 3.71. The molecular formula is C11H6BrClF3NO2S2. The quantitative estimate of drug-likeness (QED) is 0.761. The molecule has 2 aromatic rings. The van der Waals surface area contributed by atoms with Crippen molar-refractivity contribution in [1.29, 1.82) is 0 Å². The Kier molecular flexibility index (Phi) is 4.57. The van der Waals surface area contributed by atoms with E-state index in [0.717, 1.165) is 23.5 Å². The molecule has 0 unspecified atom stereocenters. The molecule has 1 N–H and O–H groups in total. The van der Waals surface area contributed by atoms with Crippen LogP contribution in [0.5, 0.6) is 0 Å². The summed E-state index contributed by atoms with van der Waals surface area (Å²) in [5.41, 5.74) is -1.32. The van der Waals surface area contributed by atoms with Crippen molar-refractivity contribution in [3.8, 4) is 0 Å². The smallest absolute Gasteiger partial charge is 0.279 e. The number of nitrogens with one attached hydrogen (secondary N) is 1. The monoisotopic (exact) mass is 419 g/mol. The average Bonchev–Trinajstić information content (AvgIpc) is 2.77. The van der Waals surface area contributed by atoms with Gasteiger partial charge in [0.15, 0.2) is 4.21 Å². The van der Waals surface area contributed by atoms with Gasteiger partial charge in [0.25, 0.3) is 10.0 Å². The molecule has 0 saturated carbocycles. The zero-order chi connectivity index (χ0) is 15.8. The number of hydrogen-bond acceptors (Lipinski definition) is 3. The summed E-state index contributed by atoms with van der Waals surface area (Å²) in [6, 6.07) is 4.34. The summed E-state index contributed by atoms with van der Waals surface area (Å²) in [5.74, 6) is 0. The summed E-state index contributed by atoms with van der Waals surface area (Å²) >= 11 is 9.48. The normalized spacial score (nSPS) is 12.4. The molecule has 3 nitrogen and oxygen atoms in total. The van der Waals surface area contributed by atoms with Gasteiger partial charge in [-0.15, -0.1) is 11.3 Å². The maximum Gasteiger partial charge on any atom is 0.417 e. The Morgan fingerprint density at radius 2 is 1.90 bits per heavy atom. The first-order valence-electron chi connectivity index (χ1n) is 5.24. The van der Waals surface area contributed by atoms with Crippen molar-refractivity contribution in [2.24, 2.45) is 0 Å². The highest BCUT2D eigenvalue weighted by atomic mass is 79.9. The minimum absolute atomic E-state index is 0.0222. The van der Waals surface area contributed by atoms with E-state index in [9.17, 15) is 21.6 Å². The number of halogens is 5. The number of sulfonamides is 1. The minimum atomic E-state index is -4.66. The number of rotatable bonds is 3. The molecule has 0 aliphatic carbocycles. The fraction of sp³-hybridized carbons (Fsp3) is 0.0909. The minimum Gasteiger partial charge on any atom is -0.279 e. The third-order valence-electron chi connectivity index (χ3n) is 2.35. The second-order valence-corrected chi connectivity index (χ2v) is 7.91. The molecule has 1 heterocycles. The fourth-order valence-corrected chi connectivity index (χ4v) is 5.09. The first kappa shape index (κ1) is 16.6. The summed E-state index contributed by atoms with van der Waals surface area (Å²) < 4.78 is 64.8. The maximum atomic E-state index is 12.7. The molecule has 0 spiro atoms. The Morgan fingerprint density at radius 1 is 1.24 bits per heavy atom. The van der Waals surface area contributed by atoms with E-state index in [2.05, 4.69) is 20.7 Å². The van der Waals surface area contributed by atoms with E-state index < -0.39 is 26.8 Å². The lowest BCUT2D eigenvalue weighted by Crippen LogP contribution is -2.13. The van der Waals surface area contributed by atoms with Crippen molar-refractivity contribution in [2.45, 2.75) is 10.4 Å². The molecule has 0 aliphatic rings. The third-order valence-corrected chi connectivity index (χ3v) is 6.73. The van der Waals surface area contributed by atoms with Crippen LogP contribution in [0.1, 0.15) is 5.56 Å². The lowest BCUT2D eigenvalue weighted by atomic mass is 10.2. The molecule has 0 amide bonds. The standard InChI is InChI=1S/C11H6BrClF3NO2S2/c12-8-3-4-20-10(8)21(18,19)17-6-1-2-9(13)7(5-6)11(14,15)16/h1-5,17H. The molecule has 114 valence electrons. The summed E-state index contributed by atoms with van der Waals surface area (Å²) in [7, 11) is -3.96. The van der Waals surface area contributed by atoms with Gasteiger partial charge in [0, 0.05) is 10.2 Å². The van der Waals surface area contributed by atoms with Gasteiger partial charge in [-0.1, -0.05) is 11.6 Å². The molecular weight excluding hydrogens is 415 g/mol. The van der Waals surface area contributed by atoms with Crippen molar-refractivity contribution in [2.75, 3.05) is 4.72 Å². The van der Waals surface area contributed by atoms with E-state index in [-0.39, 0.29) is 9.90 Å². The van der Waals surface area contributed by atoms with Gasteiger partial charge >= 0.3 is 6.18 Å². The lowest BCUT2D eigenvalue weighted by molar-refractivity contribution is -0.137. The van der Waals surface area contributed by atoms with Crippen LogP contribution in [-0.2, 0) is 16.2 Å². The second kappa shape index (κ2) is 5.79. The van der Waals surface area contributed by atoms with Crippen LogP contribution in [0.4, 0.5) is 18.9 Å². The van der Waals surface area contributed by atoms with Gasteiger partial charge in [-0.2, -0.15) is 13.2 Å². The number of alkyl halides is 3. The van der Waals surface area contributed by atoms with Crippen LogP contribution in [0, 0.1) is 0 Å². The number of benzene rings is 1. The zero-order valence-corrected chi connectivity index (χ0v) is 13.9. The molecule has 0 atom stereocenters. The predicted molar refractivity (Wildman–Crippen MR) is 79.3 cm³/mol. The number of thiophene rings is 1. The van der Waals surface area contributed by atoms with Crippen LogP contribution in [0.15, 0.2) is 38.3 Å². The van der Waals surface area contributed by atoms with Gasteiger partial charge in [-0.05, 0) is 45.6 Å². The van der Waals surface area contributed by atoms with Crippen LogP contribution in [0.25, 0.3) is 0 Å². The van der Waals surface area contributed by atoms with Crippen molar-refractivity contribution < 1.29 is 21.6 Å². The molecule has 2 rings (SSSR count). The van der Waals surface area contributed by atoms with Crippen LogP contribution in [0.3, 0.4) is 0 Å². The second-order valence-electron chi connectivity index (χ2n) is 3.85. The van der Waals surface area contributed by atoms with Crippen LogP contribution < -0.4 is 4.72 Å². The van der Waals surface area contributed by atoms with Crippen LogP contribution in [-0.4, -0.2) is 8.42 Å². The highest BCUT2D eigenvalue weighted by Gasteiger charge is 2.33. The van der Waals surface area contributed by atoms with E-state index in [4.69, 9.17) is 11.6 Å². The summed E-state index contributed by atoms with van der Waals surface area (Å²) in [6.07, 6.45) is -4.66. The van der Waals surface area contributed by atoms with E-state index in [1.807, 2.05) is 0 Å². The highest BCUT2D eigenvalue weighted by Crippen LogP contribution is 2.37. The van der Waals surface area contributed by atoms with E-state index in [1.54, 1.807) is 5.38 Å². The maximum absolute atomic E-state index is 12.7. The molecule has 10 heteroatoms. The highest BCUT2D eigenvalue weighted by molar-refractivity contribution is 9.10. The molecule has 0 bridgehead atoms. The predicted octanol–water partition coefficient (Wildman–Crippen LogP) is 4.98. The Labute approximate surface area is 135 Å². The SMILES string of the molecule is O=S(=O)(Nc1ccc(Cl)c(C(F)(F)F)c1)c1sccc1Br. The van der Waals surface area contributed by atoms with Gasteiger partial charge in [0.1, 0.15) is 0 Å².